The zero-order valence-corrected chi connectivity index (χ0v) is 17.1. The van der Waals surface area contributed by atoms with Crippen molar-refractivity contribution in [1.82, 2.24) is 16.0 Å². The summed E-state index contributed by atoms with van der Waals surface area (Å²) in [5, 5.41) is 9.24. The first-order chi connectivity index (χ1) is 12.5. The SMILES string of the molecule is CCOc1ccccc1C(=O)NCCCC(=O)NCC1(C)CCNCC1.Cl. The lowest BCUT2D eigenvalue weighted by molar-refractivity contribution is -0.121. The molecule has 1 heterocycles. The fourth-order valence-corrected chi connectivity index (χ4v) is 3.09. The molecule has 1 aromatic carbocycles. The van der Waals surface area contributed by atoms with Crippen LogP contribution < -0.4 is 20.7 Å². The van der Waals surface area contributed by atoms with Crippen molar-refractivity contribution in [1.29, 1.82) is 0 Å². The average molecular weight is 398 g/mol. The third-order valence-electron chi connectivity index (χ3n) is 4.82. The van der Waals surface area contributed by atoms with Crippen LogP contribution in [0.1, 0.15) is 49.9 Å². The molecule has 0 radical (unpaired) electrons. The van der Waals surface area contributed by atoms with Gasteiger partial charge in [-0.2, -0.15) is 0 Å². The third-order valence-corrected chi connectivity index (χ3v) is 4.82. The molecule has 27 heavy (non-hydrogen) atoms. The Morgan fingerprint density at radius 3 is 2.59 bits per heavy atom. The highest BCUT2D eigenvalue weighted by Gasteiger charge is 2.26. The molecule has 1 saturated heterocycles. The molecule has 0 aromatic heterocycles. The summed E-state index contributed by atoms with van der Waals surface area (Å²) in [5.74, 6) is 0.464. The van der Waals surface area contributed by atoms with E-state index >= 15 is 0 Å². The van der Waals surface area contributed by atoms with Crippen LogP contribution in [0.2, 0.25) is 0 Å². The maximum absolute atomic E-state index is 12.3. The first kappa shape index (κ1) is 23.2. The fourth-order valence-electron chi connectivity index (χ4n) is 3.09. The zero-order chi connectivity index (χ0) is 18.8. The highest BCUT2D eigenvalue weighted by atomic mass is 35.5. The Labute approximate surface area is 168 Å². The van der Waals surface area contributed by atoms with Crippen LogP contribution in [0.25, 0.3) is 0 Å². The second-order valence-corrected chi connectivity index (χ2v) is 7.13. The third kappa shape index (κ3) is 7.77. The molecule has 2 amide bonds. The monoisotopic (exact) mass is 397 g/mol. The Morgan fingerprint density at radius 1 is 1.19 bits per heavy atom. The van der Waals surface area contributed by atoms with Crippen molar-refractivity contribution in [3.63, 3.8) is 0 Å². The van der Waals surface area contributed by atoms with E-state index in [0.29, 0.717) is 37.3 Å². The van der Waals surface area contributed by atoms with E-state index in [2.05, 4.69) is 22.9 Å². The number of amides is 2. The maximum Gasteiger partial charge on any atom is 0.255 e. The van der Waals surface area contributed by atoms with E-state index in [1.807, 2.05) is 19.1 Å². The topological polar surface area (TPSA) is 79.5 Å². The zero-order valence-electron chi connectivity index (χ0n) is 16.3. The van der Waals surface area contributed by atoms with Crippen molar-refractivity contribution in [2.45, 2.75) is 39.5 Å². The first-order valence-electron chi connectivity index (χ1n) is 9.51. The van der Waals surface area contributed by atoms with E-state index in [9.17, 15) is 9.59 Å². The summed E-state index contributed by atoms with van der Waals surface area (Å²) in [7, 11) is 0. The van der Waals surface area contributed by atoms with Gasteiger partial charge >= 0.3 is 0 Å². The van der Waals surface area contributed by atoms with E-state index in [1.165, 1.54) is 0 Å². The maximum atomic E-state index is 12.3. The normalized spacial score (nSPS) is 15.3. The standard InChI is InChI=1S/C20H31N3O3.ClH/c1-3-26-17-8-5-4-7-16(17)19(25)22-12-6-9-18(24)23-15-20(2)10-13-21-14-11-20;/h4-5,7-8,21H,3,6,9-15H2,1-2H3,(H,22,25)(H,23,24);1H. The van der Waals surface area contributed by atoms with E-state index in [1.54, 1.807) is 12.1 Å². The Bertz CT molecular complexity index is 604. The number of nitrogens with one attached hydrogen (secondary N) is 3. The molecule has 152 valence electrons. The van der Waals surface area contributed by atoms with E-state index in [-0.39, 0.29) is 29.6 Å². The van der Waals surface area contributed by atoms with Gasteiger partial charge in [0.1, 0.15) is 5.75 Å². The molecule has 0 unspecified atom stereocenters. The van der Waals surface area contributed by atoms with Gasteiger partial charge in [0.2, 0.25) is 5.91 Å². The van der Waals surface area contributed by atoms with Crippen molar-refractivity contribution < 1.29 is 14.3 Å². The van der Waals surface area contributed by atoms with Gasteiger partial charge in [-0.15, -0.1) is 12.4 Å². The Hall–Kier alpha value is -1.79. The minimum absolute atomic E-state index is 0. The molecule has 0 atom stereocenters. The van der Waals surface area contributed by atoms with Crippen LogP contribution in [0.3, 0.4) is 0 Å². The summed E-state index contributed by atoms with van der Waals surface area (Å²) in [5.41, 5.74) is 0.718. The molecule has 1 aromatic rings. The molecule has 6 nitrogen and oxygen atoms in total. The van der Waals surface area contributed by atoms with Crippen LogP contribution in [-0.2, 0) is 4.79 Å². The van der Waals surface area contributed by atoms with Crippen molar-refractivity contribution in [2.24, 2.45) is 5.41 Å². The molecule has 7 heteroatoms. The molecular weight excluding hydrogens is 366 g/mol. The van der Waals surface area contributed by atoms with E-state index < -0.39 is 0 Å². The molecule has 0 bridgehead atoms. The highest BCUT2D eigenvalue weighted by Crippen LogP contribution is 2.26. The second-order valence-electron chi connectivity index (χ2n) is 7.13. The summed E-state index contributed by atoms with van der Waals surface area (Å²) in [6.45, 7) is 7.85. The van der Waals surface area contributed by atoms with Crippen LogP contribution in [-0.4, -0.2) is 44.6 Å². The van der Waals surface area contributed by atoms with Gasteiger partial charge in [0.05, 0.1) is 12.2 Å². The molecule has 1 fully saturated rings. The highest BCUT2D eigenvalue weighted by molar-refractivity contribution is 5.96. The first-order valence-corrected chi connectivity index (χ1v) is 9.51. The lowest BCUT2D eigenvalue weighted by Gasteiger charge is -2.34. The molecular formula is C20H32ClN3O3. The summed E-state index contributed by atoms with van der Waals surface area (Å²) in [6.07, 6.45) is 3.21. The largest absolute Gasteiger partial charge is 0.493 e. The Morgan fingerprint density at radius 2 is 1.89 bits per heavy atom. The van der Waals surface area contributed by atoms with Crippen LogP contribution in [0.15, 0.2) is 24.3 Å². The number of hydrogen-bond acceptors (Lipinski definition) is 4. The number of benzene rings is 1. The van der Waals surface area contributed by atoms with Crippen LogP contribution >= 0.6 is 12.4 Å². The number of halogens is 1. The lowest BCUT2D eigenvalue weighted by atomic mass is 9.81. The van der Waals surface area contributed by atoms with Gasteiger partial charge in [-0.1, -0.05) is 19.1 Å². The quantitative estimate of drug-likeness (QED) is 0.559. The van der Waals surface area contributed by atoms with Crippen molar-refractivity contribution in [3.05, 3.63) is 29.8 Å². The number of para-hydroxylation sites is 1. The molecule has 0 saturated carbocycles. The van der Waals surface area contributed by atoms with Gasteiger partial charge in [-0.3, -0.25) is 9.59 Å². The van der Waals surface area contributed by atoms with Gasteiger partial charge in [-0.05, 0) is 56.8 Å². The number of carbonyl (C=O) groups excluding carboxylic acids is 2. The van der Waals surface area contributed by atoms with Gasteiger partial charge in [0, 0.05) is 19.5 Å². The summed E-state index contributed by atoms with van der Waals surface area (Å²) < 4.78 is 5.47. The Kier molecular flexibility index (Phi) is 10.2. The van der Waals surface area contributed by atoms with E-state index in [4.69, 9.17) is 4.74 Å². The fraction of sp³-hybridized carbons (Fsp3) is 0.600. The minimum Gasteiger partial charge on any atom is -0.493 e. The molecule has 1 aliphatic heterocycles. The minimum atomic E-state index is -0.170. The number of carbonyl (C=O) groups is 2. The van der Waals surface area contributed by atoms with Gasteiger partial charge < -0.3 is 20.7 Å². The molecule has 1 aliphatic rings. The van der Waals surface area contributed by atoms with Gasteiger partial charge in [-0.25, -0.2) is 0 Å². The second kappa shape index (κ2) is 11.8. The van der Waals surface area contributed by atoms with Crippen LogP contribution in [0.5, 0.6) is 5.75 Å². The van der Waals surface area contributed by atoms with E-state index in [0.717, 1.165) is 32.5 Å². The summed E-state index contributed by atoms with van der Waals surface area (Å²) in [4.78, 5) is 24.3. The Balaban J connectivity index is 0.00000364. The molecule has 0 aliphatic carbocycles. The molecule has 3 N–H and O–H groups in total. The van der Waals surface area contributed by atoms with Crippen molar-refractivity contribution in [3.8, 4) is 5.75 Å². The number of piperidine rings is 1. The number of hydrogen-bond donors (Lipinski definition) is 3. The molecule has 2 rings (SSSR count). The van der Waals surface area contributed by atoms with Gasteiger partial charge in [0.25, 0.3) is 5.91 Å². The predicted octanol–water partition coefficient (Wildman–Crippen LogP) is 2.52. The summed E-state index contributed by atoms with van der Waals surface area (Å²) in [6, 6.07) is 7.18. The van der Waals surface area contributed by atoms with Crippen molar-refractivity contribution in [2.75, 3.05) is 32.8 Å². The van der Waals surface area contributed by atoms with Gasteiger partial charge in [0.15, 0.2) is 0 Å². The van der Waals surface area contributed by atoms with Crippen LogP contribution in [0.4, 0.5) is 0 Å². The average Bonchev–Trinajstić information content (AvgIpc) is 2.65. The smallest absolute Gasteiger partial charge is 0.255 e. The molecule has 0 spiro atoms. The number of rotatable bonds is 9. The summed E-state index contributed by atoms with van der Waals surface area (Å²) >= 11 is 0. The lowest BCUT2D eigenvalue weighted by Crippen LogP contribution is -2.43. The van der Waals surface area contributed by atoms with Crippen molar-refractivity contribution >= 4 is 24.2 Å². The van der Waals surface area contributed by atoms with Crippen LogP contribution in [0, 0.1) is 5.41 Å². The predicted molar refractivity (Wildman–Crippen MR) is 110 cm³/mol. The number of ether oxygens (including phenoxy) is 1.